The average molecular weight is 275 g/mol. The van der Waals surface area contributed by atoms with Crippen molar-refractivity contribution in [3.63, 3.8) is 0 Å². The van der Waals surface area contributed by atoms with Crippen LogP contribution in [0.5, 0.6) is 0 Å². The lowest BCUT2D eigenvalue weighted by molar-refractivity contribution is 0.993. The third-order valence-corrected chi connectivity index (χ3v) is 3.24. The molecule has 0 aliphatic heterocycles. The summed E-state index contributed by atoms with van der Waals surface area (Å²) < 4.78 is 0. The van der Waals surface area contributed by atoms with E-state index in [2.05, 4.69) is 11.6 Å². The fourth-order valence-electron chi connectivity index (χ4n) is 1.31. The van der Waals surface area contributed by atoms with Gasteiger partial charge in [0.1, 0.15) is 4.99 Å². The molecule has 0 aliphatic rings. The number of halogens is 1. The molecular weight excluding hydrogens is 260 g/mol. The van der Waals surface area contributed by atoms with Crippen LogP contribution in [-0.2, 0) is 0 Å². The summed E-state index contributed by atoms with van der Waals surface area (Å²) in [6, 6.07) is 5.54. The fourth-order valence-corrected chi connectivity index (χ4v) is 2.09. The molecule has 0 heterocycles. The van der Waals surface area contributed by atoms with Gasteiger partial charge in [-0.15, -0.1) is 0 Å². The average Bonchev–Trinajstić information content (AvgIpc) is 2.26. The monoisotopic (exact) mass is 274 g/mol. The number of nitrogens with one attached hydrogen (secondary N) is 1. The fraction of sp³-hybridized carbons (Fsp3) is 0.364. The van der Waals surface area contributed by atoms with Gasteiger partial charge in [-0.2, -0.15) is 11.8 Å². The van der Waals surface area contributed by atoms with Crippen LogP contribution in [0.25, 0.3) is 0 Å². The molecule has 0 amide bonds. The zero-order chi connectivity index (χ0) is 12.0. The molecule has 0 atom stereocenters. The Morgan fingerprint density at radius 3 is 2.94 bits per heavy atom. The molecule has 0 saturated heterocycles. The lowest BCUT2D eigenvalue weighted by Crippen LogP contribution is -2.14. The third kappa shape index (κ3) is 4.20. The molecule has 1 rings (SSSR count). The highest BCUT2D eigenvalue weighted by Gasteiger charge is 2.05. The van der Waals surface area contributed by atoms with Crippen LogP contribution in [0, 0.1) is 0 Å². The van der Waals surface area contributed by atoms with Crippen molar-refractivity contribution in [2.75, 3.05) is 23.9 Å². The maximum absolute atomic E-state index is 5.90. The Labute approximate surface area is 111 Å². The molecule has 3 N–H and O–H groups in total. The molecule has 88 valence electrons. The highest BCUT2D eigenvalue weighted by molar-refractivity contribution is 7.98. The van der Waals surface area contributed by atoms with Crippen LogP contribution in [0.15, 0.2) is 18.2 Å². The number of thioether (sulfide) groups is 1. The molecule has 0 spiro atoms. The number of hydrogen-bond acceptors (Lipinski definition) is 3. The number of nitrogens with two attached hydrogens (primary N) is 1. The van der Waals surface area contributed by atoms with E-state index in [1.54, 1.807) is 6.07 Å². The van der Waals surface area contributed by atoms with Crippen molar-refractivity contribution in [1.29, 1.82) is 0 Å². The van der Waals surface area contributed by atoms with E-state index in [4.69, 9.17) is 29.6 Å². The normalized spacial score (nSPS) is 10.1. The first kappa shape index (κ1) is 13.6. The molecule has 1 aromatic carbocycles. The number of hydrogen-bond donors (Lipinski definition) is 2. The second-order valence-corrected chi connectivity index (χ2v) is 5.19. The van der Waals surface area contributed by atoms with Crippen LogP contribution < -0.4 is 11.1 Å². The lowest BCUT2D eigenvalue weighted by atomic mass is 10.1. The molecule has 0 aromatic heterocycles. The first-order valence-corrected chi connectivity index (χ1v) is 7.15. The Balaban J connectivity index is 2.67. The molecule has 0 fully saturated rings. The molecule has 0 bridgehead atoms. The van der Waals surface area contributed by atoms with Gasteiger partial charge in [0, 0.05) is 22.8 Å². The van der Waals surface area contributed by atoms with Crippen molar-refractivity contribution in [2.45, 2.75) is 6.42 Å². The highest BCUT2D eigenvalue weighted by atomic mass is 35.5. The molecule has 0 unspecified atom stereocenters. The minimum Gasteiger partial charge on any atom is -0.389 e. The smallest absolute Gasteiger partial charge is 0.106 e. The second-order valence-electron chi connectivity index (χ2n) is 3.33. The summed E-state index contributed by atoms with van der Waals surface area (Å²) in [6.45, 7) is 0.915. The van der Waals surface area contributed by atoms with E-state index in [9.17, 15) is 0 Å². The van der Waals surface area contributed by atoms with Gasteiger partial charge in [-0.3, -0.25) is 0 Å². The van der Waals surface area contributed by atoms with Gasteiger partial charge >= 0.3 is 0 Å². The van der Waals surface area contributed by atoms with Gasteiger partial charge < -0.3 is 11.1 Å². The Kier molecular flexibility index (Phi) is 5.95. The van der Waals surface area contributed by atoms with E-state index in [1.165, 1.54) is 0 Å². The van der Waals surface area contributed by atoms with Gasteiger partial charge in [0.05, 0.1) is 0 Å². The zero-order valence-electron chi connectivity index (χ0n) is 9.13. The molecule has 0 saturated carbocycles. The van der Waals surface area contributed by atoms with Crippen molar-refractivity contribution >= 4 is 46.3 Å². The minimum absolute atomic E-state index is 0.370. The van der Waals surface area contributed by atoms with Gasteiger partial charge in [-0.1, -0.05) is 23.8 Å². The molecule has 2 nitrogen and oxygen atoms in total. The van der Waals surface area contributed by atoms with Crippen molar-refractivity contribution in [3.05, 3.63) is 28.8 Å². The molecule has 0 aliphatic carbocycles. The van der Waals surface area contributed by atoms with E-state index in [1.807, 2.05) is 23.9 Å². The van der Waals surface area contributed by atoms with Crippen LogP contribution in [0.2, 0.25) is 5.02 Å². The maximum Gasteiger partial charge on any atom is 0.106 e. The standard InChI is InChI=1S/C11H15ClN2S2/c1-16-6-2-5-14-10-4-3-8(12)7-9(10)11(13)15/h3-4,7,14H,2,5-6H2,1H3,(H2,13,15). The predicted molar refractivity (Wildman–Crippen MR) is 78.8 cm³/mol. The molecule has 5 heteroatoms. The number of benzene rings is 1. The SMILES string of the molecule is CSCCCNc1ccc(Cl)cc1C(N)=S. The minimum atomic E-state index is 0.370. The summed E-state index contributed by atoms with van der Waals surface area (Å²) in [6.07, 6.45) is 3.21. The van der Waals surface area contributed by atoms with Crippen molar-refractivity contribution in [1.82, 2.24) is 0 Å². The summed E-state index contributed by atoms with van der Waals surface area (Å²) in [5.74, 6) is 1.14. The maximum atomic E-state index is 5.90. The first-order valence-electron chi connectivity index (χ1n) is 4.97. The van der Waals surface area contributed by atoms with Crippen LogP contribution in [0.4, 0.5) is 5.69 Å². The molecule has 1 aromatic rings. The first-order chi connectivity index (χ1) is 7.65. The van der Waals surface area contributed by atoms with Crippen molar-refractivity contribution in [3.8, 4) is 0 Å². The summed E-state index contributed by atoms with van der Waals surface area (Å²) in [4.78, 5) is 0.370. The Morgan fingerprint density at radius 2 is 2.31 bits per heavy atom. The van der Waals surface area contributed by atoms with E-state index in [-0.39, 0.29) is 0 Å². The topological polar surface area (TPSA) is 38.0 Å². The molecule has 16 heavy (non-hydrogen) atoms. The van der Waals surface area contributed by atoms with Crippen LogP contribution >= 0.6 is 35.6 Å². The molecular formula is C11H15ClN2S2. The van der Waals surface area contributed by atoms with Crippen molar-refractivity contribution in [2.24, 2.45) is 5.73 Å². The van der Waals surface area contributed by atoms with E-state index >= 15 is 0 Å². The number of thiocarbonyl (C=S) groups is 1. The lowest BCUT2D eigenvalue weighted by Gasteiger charge is -2.11. The van der Waals surface area contributed by atoms with E-state index in [0.29, 0.717) is 10.0 Å². The summed E-state index contributed by atoms with van der Waals surface area (Å²) >= 11 is 12.7. The third-order valence-electron chi connectivity index (χ3n) is 2.09. The van der Waals surface area contributed by atoms with E-state index in [0.717, 1.165) is 30.0 Å². The van der Waals surface area contributed by atoms with Crippen LogP contribution in [0.1, 0.15) is 12.0 Å². The second kappa shape index (κ2) is 6.99. The van der Waals surface area contributed by atoms with Gasteiger partial charge in [0.2, 0.25) is 0 Å². The van der Waals surface area contributed by atoms with Crippen LogP contribution in [-0.4, -0.2) is 23.5 Å². The van der Waals surface area contributed by atoms with Gasteiger partial charge in [-0.25, -0.2) is 0 Å². The van der Waals surface area contributed by atoms with Gasteiger partial charge in [0.25, 0.3) is 0 Å². The van der Waals surface area contributed by atoms with Crippen LogP contribution in [0.3, 0.4) is 0 Å². The molecule has 0 radical (unpaired) electrons. The zero-order valence-corrected chi connectivity index (χ0v) is 11.5. The highest BCUT2D eigenvalue weighted by Crippen LogP contribution is 2.20. The summed E-state index contributed by atoms with van der Waals surface area (Å²) in [5, 5.41) is 3.97. The Morgan fingerprint density at radius 1 is 1.56 bits per heavy atom. The predicted octanol–water partition coefficient (Wildman–Crippen LogP) is 3.14. The number of rotatable bonds is 6. The quantitative estimate of drug-likeness (QED) is 0.617. The van der Waals surface area contributed by atoms with Crippen molar-refractivity contribution < 1.29 is 0 Å². The Bertz CT molecular complexity index is 369. The largest absolute Gasteiger partial charge is 0.389 e. The Hall–Kier alpha value is -0.450. The van der Waals surface area contributed by atoms with Gasteiger partial charge in [0.15, 0.2) is 0 Å². The van der Waals surface area contributed by atoms with Gasteiger partial charge in [-0.05, 0) is 36.6 Å². The van der Waals surface area contributed by atoms with E-state index < -0.39 is 0 Å². The summed E-state index contributed by atoms with van der Waals surface area (Å²) in [5.41, 5.74) is 7.41. The summed E-state index contributed by atoms with van der Waals surface area (Å²) in [7, 11) is 0. The number of anilines is 1.